The second-order valence-electron chi connectivity index (χ2n) is 5.38. The third-order valence-electron chi connectivity index (χ3n) is 3.69. The normalized spacial score (nSPS) is 15.2. The Morgan fingerprint density at radius 1 is 1.38 bits per heavy atom. The molecule has 3 atom stereocenters. The van der Waals surface area contributed by atoms with Crippen LogP contribution in [0.25, 0.3) is 0 Å². The van der Waals surface area contributed by atoms with Crippen molar-refractivity contribution in [1.29, 1.82) is 10.8 Å². The molecule has 0 heterocycles. The molecule has 4 nitrogen and oxygen atoms in total. The molecule has 0 fully saturated rings. The fourth-order valence-corrected chi connectivity index (χ4v) is 2.85. The van der Waals surface area contributed by atoms with Gasteiger partial charge in [0.25, 0.3) is 0 Å². The van der Waals surface area contributed by atoms with Crippen molar-refractivity contribution in [2.45, 2.75) is 44.8 Å². The zero-order valence-corrected chi connectivity index (χ0v) is 13.5. The molecule has 0 saturated heterocycles. The van der Waals surface area contributed by atoms with Crippen LogP contribution in [0.4, 0.5) is 0 Å². The Kier molecular flexibility index (Phi) is 7.47. The van der Waals surface area contributed by atoms with Crippen LogP contribution >= 0.6 is 0 Å². The lowest BCUT2D eigenvalue weighted by atomic mass is 9.84. The van der Waals surface area contributed by atoms with Crippen molar-refractivity contribution in [1.82, 2.24) is 0 Å². The van der Waals surface area contributed by atoms with E-state index in [4.69, 9.17) is 15.4 Å². The highest BCUT2D eigenvalue weighted by molar-refractivity contribution is 7.78. The minimum Gasteiger partial charge on any atom is -0.313 e. The summed E-state index contributed by atoms with van der Waals surface area (Å²) in [5.74, 6) is 0.333. The highest BCUT2D eigenvalue weighted by Gasteiger charge is 2.18. The summed E-state index contributed by atoms with van der Waals surface area (Å²) in [5.41, 5.74) is 2.63. The van der Waals surface area contributed by atoms with E-state index in [0.29, 0.717) is 12.1 Å². The molecule has 0 aliphatic rings. The quantitative estimate of drug-likeness (QED) is 0.476. The van der Waals surface area contributed by atoms with Crippen LogP contribution in [-0.2, 0) is 16.8 Å². The van der Waals surface area contributed by atoms with Crippen molar-refractivity contribution >= 4 is 23.0 Å². The van der Waals surface area contributed by atoms with E-state index < -0.39 is 11.1 Å². The summed E-state index contributed by atoms with van der Waals surface area (Å²) >= 11 is -1.82. The fourth-order valence-electron chi connectivity index (χ4n) is 2.38. The van der Waals surface area contributed by atoms with E-state index >= 15 is 0 Å². The first kappa shape index (κ1) is 17.7. The standard InChI is InChI=1S/C16H24N2O2S/c1-3-4-16(18)9-15(10-17)12(2)14-7-5-13(6-8-14)11-21(19)20/h5-8,10,12,15,17-18H,3-4,9,11H2,1-2H3,(H,19,20). The molecule has 0 aromatic heterocycles. The number of rotatable bonds is 9. The van der Waals surface area contributed by atoms with Gasteiger partial charge in [-0.25, -0.2) is 4.21 Å². The summed E-state index contributed by atoms with van der Waals surface area (Å²) in [4.78, 5) is 0. The van der Waals surface area contributed by atoms with E-state index in [1.807, 2.05) is 24.3 Å². The smallest absolute Gasteiger partial charge is 0.157 e. The molecule has 116 valence electrons. The molecule has 3 unspecified atom stereocenters. The van der Waals surface area contributed by atoms with Crippen LogP contribution in [0.1, 0.15) is 50.2 Å². The monoisotopic (exact) mass is 308 g/mol. The minimum atomic E-state index is -1.82. The van der Waals surface area contributed by atoms with Crippen LogP contribution in [0.5, 0.6) is 0 Å². The lowest BCUT2D eigenvalue weighted by Crippen LogP contribution is -2.16. The Morgan fingerprint density at radius 2 is 2.00 bits per heavy atom. The summed E-state index contributed by atoms with van der Waals surface area (Å²) < 4.78 is 19.7. The Bertz CT molecular complexity index is 500. The Labute approximate surface area is 129 Å². The largest absolute Gasteiger partial charge is 0.313 e. The van der Waals surface area contributed by atoms with Gasteiger partial charge < -0.3 is 15.4 Å². The topological polar surface area (TPSA) is 85.0 Å². The molecule has 0 saturated carbocycles. The maximum atomic E-state index is 10.8. The molecule has 0 bridgehead atoms. The van der Waals surface area contributed by atoms with Crippen molar-refractivity contribution in [3.8, 4) is 0 Å². The van der Waals surface area contributed by atoms with Crippen molar-refractivity contribution < 1.29 is 8.76 Å². The molecule has 0 spiro atoms. The van der Waals surface area contributed by atoms with Crippen LogP contribution in [-0.4, -0.2) is 20.7 Å². The zero-order valence-electron chi connectivity index (χ0n) is 12.6. The highest BCUT2D eigenvalue weighted by Crippen LogP contribution is 2.26. The van der Waals surface area contributed by atoms with E-state index in [1.54, 1.807) is 0 Å². The van der Waals surface area contributed by atoms with Crippen LogP contribution < -0.4 is 0 Å². The maximum absolute atomic E-state index is 10.8. The van der Waals surface area contributed by atoms with Crippen molar-refractivity contribution in [3.05, 3.63) is 35.4 Å². The Balaban J connectivity index is 2.75. The Hall–Kier alpha value is -1.33. The first-order valence-electron chi connectivity index (χ1n) is 7.21. The lowest BCUT2D eigenvalue weighted by Gasteiger charge is -2.21. The Morgan fingerprint density at radius 3 is 2.48 bits per heavy atom. The number of hydrogen-bond acceptors (Lipinski definition) is 3. The molecule has 0 aliphatic carbocycles. The highest BCUT2D eigenvalue weighted by atomic mass is 32.2. The van der Waals surface area contributed by atoms with Gasteiger partial charge in [-0.05, 0) is 36.1 Å². The summed E-state index contributed by atoms with van der Waals surface area (Å²) in [6, 6.07) is 7.62. The van der Waals surface area contributed by atoms with Gasteiger partial charge in [0, 0.05) is 11.6 Å². The van der Waals surface area contributed by atoms with Gasteiger partial charge in [-0.15, -0.1) is 0 Å². The van der Waals surface area contributed by atoms with E-state index in [9.17, 15) is 4.21 Å². The van der Waals surface area contributed by atoms with Crippen LogP contribution in [0.2, 0.25) is 0 Å². The maximum Gasteiger partial charge on any atom is 0.157 e. The van der Waals surface area contributed by atoms with Gasteiger partial charge >= 0.3 is 0 Å². The molecule has 1 rings (SSSR count). The SMILES string of the molecule is CCCC(=N)CC(C=N)C(C)c1ccc(CS(=O)O)cc1. The minimum absolute atomic E-state index is 0.0295. The second-order valence-corrected chi connectivity index (χ2v) is 6.32. The molecular weight excluding hydrogens is 284 g/mol. The summed E-state index contributed by atoms with van der Waals surface area (Å²) in [6.45, 7) is 4.12. The molecule has 1 aromatic carbocycles. The molecule has 0 amide bonds. The third kappa shape index (κ3) is 5.89. The third-order valence-corrected chi connectivity index (χ3v) is 4.27. The van der Waals surface area contributed by atoms with E-state index in [0.717, 1.165) is 24.0 Å². The molecule has 0 aliphatic heterocycles. The first-order valence-corrected chi connectivity index (χ1v) is 8.48. The zero-order chi connectivity index (χ0) is 15.8. The molecule has 0 radical (unpaired) electrons. The first-order chi connectivity index (χ1) is 9.97. The van der Waals surface area contributed by atoms with Crippen molar-refractivity contribution in [2.24, 2.45) is 5.92 Å². The van der Waals surface area contributed by atoms with Crippen LogP contribution in [0, 0.1) is 16.7 Å². The number of hydrogen-bond donors (Lipinski definition) is 3. The van der Waals surface area contributed by atoms with Gasteiger partial charge in [0.2, 0.25) is 0 Å². The van der Waals surface area contributed by atoms with Crippen LogP contribution in [0.15, 0.2) is 24.3 Å². The predicted molar refractivity (Wildman–Crippen MR) is 88.9 cm³/mol. The van der Waals surface area contributed by atoms with Gasteiger partial charge in [0.1, 0.15) is 0 Å². The second kappa shape index (κ2) is 8.85. The fraction of sp³-hybridized carbons (Fsp3) is 0.500. The van der Waals surface area contributed by atoms with E-state index in [-0.39, 0.29) is 17.6 Å². The average molecular weight is 308 g/mol. The summed E-state index contributed by atoms with van der Waals surface area (Å²) in [5, 5.41) is 15.5. The van der Waals surface area contributed by atoms with Gasteiger partial charge in [0.15, 0.2) is 11.1 Å². The van der Waals surface area contributed by atoms with E-state index in [1.165, 1.54) is 6.21 Å². The van der Waals surface area contributed by atoms with Gasteiger partial charge in [-0.2, -0.15) is 0 Å². The molecule has 5 heteroatoms. The van der Waals surface area contributed by atoms with Gasteiger partial charge in [-0.3, -0.25) is 0 Å². The predicted octanol–water partition coefficient (Wildman–Crippen LogP) is 3.99. The number of benzene rings is 1. The molecule has 21 heavy (non-hydrogen) atoms. The van der Waals surface area contributed by atoms with Crippen molar-refractivity contribution in [3.63, 3.8) is 0 Å². The van der Waals surface area contributed by atoms with Gasteiger partial charge in [0.05, 0.1) is 5.75 Å². The summed E-state index contributed by atoms with van der Waals surface area (Å²) in [7, 11) is 0. The van der Waals surface area contributed by atoms with Crippen LogP contribution in [0.3, 0.4) is 0 Å². The van der Waals surface area contributed by atoms with Gasteiger partial charge in [-0.1, -0.05) is 44.5 Å². The average Bonchev–Trinajstić information content (AvgIpc) is 2.44. The van der Waals surface area contributed by atoms with Crippen molar-refractivity contribution in [2.75, 3.05) is 0 Å². The summed E-state index contributed by atoms with van der Waals surface area (Å²) in [6.07, 6.45) is 3.82. The van der Waals surface area contributed by atoms with E-state index in [2.05, 4.69) is 13.8 Å². The lowest BCUT2D eigenvalue weighted by molar-refractivity contribution is 0.563. The number of nitrogens with one attached hydrogen (secondary N) is 2. The molecular formula is C16H24N2O2S. The molecule has 3 N–H and O–H groups in total. The molecule has 1 aromatic rings.